The van der Waals surface area contributed by atoms with Crippen LogP contribution in [0.4, 0.5) is 0 Å². The van der Waals surface area contributed by atoms with E-state index >= 15 is 0 Å². The van der Waals surface area contributed by atoms with Gasteiger partial charge in [0.2, 0.25) is 0 Å². The van der Waals surface area contributed by atoms with Crippen LogP contribution in [-0.4, -0.2) is 14.8 Å². The van der Waals surface area contributed by atoms with Crippen LogP contribution < -0.4 is 10.9 Å². The number of nitrogens with one attached hydrogen (secondary N) is 1. The van der Waals surface area contributed by atoms with E-state index in [4.69, 9.17) is 21.4 Å². The van der Waals surface area contributed by atoms with E-state index in [-0.39, 0.29) is 5.15 Å². The molecule has 0 radical (unpaired) electrons. The second-order valence-corrected chi connectivity index (χ2v) is 4.04. The van der Waals surface area contributed by atoms with E-state index in [9.17, 15) is 9.36 Å². The zero-order chi connectivity index (χ0) is 9.35. The normalized spacial score (nSPS) is 11.6. The zero-order valence-corrected chi connectivity index (χ0v) is 7.34. The highest BCUT2D eigenvalue weighted by atomic mass is 35.5. The van der Waals surface area contributed by atoms with Crippen molar-refractivity contribution < 1.29 is 14.4 Å². The Kier molecular flexibility index (Phi) is 2.39. The van der Waals surface area contributed by atoms with E-state index in [0.29, 0.717) is 0 Å². The molecule has 12 heavy (non-hydrogen) atoms. The van der Waals surface area contributed by atoms with Crippen molar-refractivity contribution in [3.8, 4) is 0 Å². The van der Waals surface area contributed by atoms with E-state index < -0.39 is 18.5 Å². The molecule has 0 aliphatic rings. The van der Waals surface area contributed by atoms with E-state index in [0.717, 1.165) is 6.07 Å². The molecule has 0 spiro atoms. The summed E-state index contributed by atoms with van der Waals surface area (Å²) < 4.78 is 10.6. The van der Waals surface area contributed by atoms with Crippen LogP contribution in [-0.2, 0) is 4.57 Å². The van der Waals surface area contributed by atoms with Crippen molar-refractivity contribution >= 4 is 24.5 Å². The molecule has 7 heteroatoms. The van der Waals surface area contributed by atoms with Crippen molar-refractivity contribution in [3.05, 3.63) is 27.6 Å². The third kappa shape index (κ3) is 1.95. The van der Waals surface area contributed by atoms with Gasteiger partial charge in [0.25, 0.3) is 5.56 Å². The van der Waals surface area contributed by atoms with Crippen LogP contribution in [0.2, 0.25) is 5.15 Å². The average molecular weight is 210 g/mol. The summed E-state index contributed by atoms with van der Waals surface area (Å²) in [5.41, 5.74) is -0.865. The first-order chi connectivity index (χ1) is 5.41. The minimum atomic E-state index is -4.48. The monoisotopic (exact) mass is 209 g/mol. The largest absolute Gasteiger partial charge is 0.361 e. The molecule has 0 saturated heterocycles. The lowest BCUT2D eigenvalue weighted by Crippen LogP contribution is -2.26. The van der Waals surface area contributed by atoms with Gasteiger partial charge in [0.05, 0.1) is 0 Å². The molecule has 0 fully saturated rings. The molecule has 0 aromatic carbocycles. The van der Waals surface area contributed by atoms with E-state index in [1.807, 2.05) is 0 Å². The van der Waals surface area contributed by atoms with Gasteiger partial charge in [-0.1, -0.05) is 11.6 Å². The van der Waals surface area contributed by atoms with Crippen molar-refractivity contribution in [2.75, 3.05) is 0 Å². The predicted molar refractivity (Wildman–Crippen MR) is 43.8 cm³/mol. The van der Waals surface area contributed by atoms with Gasteiger partial charge in [0.15, 0.2) is 0 Å². The minimum absolute atomic E-state index is 0.0391. The molecule has 1 heterocycles. The highest BCUT2D eigenvalue weighted by Gasteiger charge is 2.20. The van der Waals surface area contributed by atoms with Gasteiger partial charge in [0, 0.05) is 0 Å². The number of hydrogen-bond acceptors (Lipinski definition) is 2. The van der Waals surface area contributed by atoms with Gasteiger partial charge in [-0.2, -0.15) is 0 Å². The number of aromatic nitrogens is 1. The quantitative estimate of drug-likeness (QED) is 0.442. The first-order valence-electron chi connectivity index (χ1n) is 2.86. The summed E-state index contributed by atoms with van der Waals surface area (Å²) in [7, 11) is -4.48. The fourth-order valence-electron chi connectivity index (χ4n) is 0.671. The van der Waals surface area contributed by atoms with Crippen molar-refractivity contribution in [2.24, 2.45) is 0 Å². The van der Waals surface area contributed by atoms with Gasteiger partial charge >= 0.3 is 7.60 Å². The van der Waals surface area contributed by atoms with Crippen LogP contribution in [0.5, 0.6) is 0 Å². The first kappa shape index (κ1) is 9.48. The number of H-pyrrole nitrogens is 1. The Labute approximate surface area is 72.2 Å². The smallest absolute Gasteiger partial charge is 0.321 e. The Balaban J connectivity index is 3.39. The second kappa shape index (κ2) is 3.03. The second-order valence-electron chi connectivity index (χ2n) is 2.06. The molecule has 66 valence electrons. The fourth-order valence-corrected chi connectivity index (χ4v) is 1.41. The first-order valence-corrected chi connectivity index (χ1v) is 4.85. The van der Waals surface area contributed by atoms with E-state index in [2.05, 4.69) is 4.98 Å². The summed E-state index contributed by atoms with van der Waals surface area (Å²) >= 11 is 5.36. The van der Waals surface area contributed by atoms with Crippen molar-refractivity contribution in [1.29, 1.82) is 0 Å². The Morgan fingerprint density at radius 1 is 1.42 bits per heavy atom. The van der Waals surface area contributed by atoms with Gasteiger partial charge < -0.3 is 14.8 Å². The molecule has 0 amide bonds. The molecule has 0 aliphatic heterocycles. The Bertz CT molecular complexity index is 395. The molecule has 0 atom stereocenters. The van der Waals surface area contributed by atoms with E-state index in [1.165, 1.54) is 6.07 Å². The van der Waals surface area contributed by atoms with Crippen molar-refractivity contribution in [2.45, 2.75) is 0 Å². The lowest BCUT2D eigenvalue weighted by molar-refractivity contribution is 0.387. The molecule has 5 nitrogen and oxygen atoms in total. The highest BCUT2D eigenvalue weighted by molar-refractivity contribution is 7.60. The molecule has 0 bridgehead atoms. The summed E-state index contributed by atoms with van der Waals surface area (Å²) in [6, 6.07) is 2.21. The fraction of sp³-hybridized carbons (Fsp3) is 0. The molecule has 1 aromatic rings. The highest BCUT2D eigenvalue weighted by Crippen LogP contribution is 2.30. The number of aromatic amines is 1. The Morgan fingerprint density at radius 2 is 2.00 bits per heavy atom. The Hall–Kier alpha value is -0.610. The summed E-state index contributed by atoms with van der Waals surface area (Å²) in [6.45, 7) is 0. The average Bonchev–Trinajstić information content (AvgIpc) is 1.83. The number of rotatable bonds is 1. The number of hydrogen-bond donors (Lipinski definition) is 3. The third-order valence-corrected chi connectivity index (χ3v) is 2.37. The van der Waals surface area contributed by atoms with Crippen LogP contribution in [0.15, 0.2) is 16.9 Å². The lowest BCUT2D eigenvalue weighted by Gasteiger charge is -2.01. The maximum absolute atomic E-state index is 10.9. The van der Waals surface area contributed by atoms with Crippen molar-refractivity contribution in [1.82, 2.24) is 4.98 Å². The zero-order valence-electron chi connectivity index (χ0n) is 5.69. The molecular weight excluding hydrogens is 204 g/mol. The van der Waals surface area contributed by atoms with Gasteiger partial charge in [-0.25, -0.2) is 0 Å². The standard InChI is InChI=1S/C5H5ClNO4P/c6-4-2-1-3(5(8)7-4)12(9,10)11/h1-2H,(H,7,8)(H2,9,10,11). The molecule has 0 saturated carbocycles. The SMILES string of the molecule is O=c1[nH]c(Cl)ccc1P(=O)(O)O. The molecule has 3 N–H and O–H groups in total. The summed E-state index contributed by atoms with van der Waals surface area (Å²) in [5.74, 6) is 0. The van der Waals surface area contributed by atoms with Gasteiger partial charge in [-0.15, -0.1) is 0 Å². The summed E-state index contributed by atoms with van der Waals surface area (Å²) in [6.07, 6.45) is 0. The summed E-state index contributed by atoms with van der Waals surface area (Å²) in [4.78, 5) is 30.1. The Morgan fingerprint density at radius 3 is 2.42 bits per heavy atom. The van der Waals surface area contributed by atoms with Crippen LogP contribution >= 0.6 is 19.2 Å². The van der Waals surface area contributed by atoms with Crippen molar-refractivity contribution in [3.63, 3.8) is 0 Å². The number of halogens is 1. The van der Waals surface area contributed by atoms with Gasteiger partial charge in [0.1, 0.15) is 10.5 Å². The molecule has 1 rings (SSSR count). The molecule has 0 aliphatic carbocycles. The molecule has 0 unspecified atom stereocenters. The van der Waals surface area contributed by atoms with Crippen LogP contribution in [0, 0.1) is 0 Å². The lowest BCUT2D eigenvalue weighted by atomic mass is 10.5. The topological polar surface area (TPSA) is 90.4 Å². The maximum Gasteiger partial charge on any atom is 0.361 e. The van der Waals surface area contributed by atoms with Crippen LogP contribution in [0.1, 0.15) is 0 Å². The molecular formula is C5H5ClNO4P. The van der Waals surface area contributed by atoms with Gasteiger partial charge in [-0.3, -0.25) is 9.36 Å². The van der Waals surface area contributed by atoms with Gasteiger partial charge in [-0.05, 0) is 12.1 Å². The third-order valence-electron chi connectivity index (χ3n) is 1.17. The number of pyridine rings is 1. The minimum Gasteiger partial charge on any atom is -0.321 e. The van der Waals surface area contributed by atoms with Crippen LogP contribution in [0.25, 0.3) is 0 Å². The molecule has 1 aromatic heterocycles. The van der Waals surface area contributed by atoms with E-state index in [1.54, 1.807) is 0 Å². The maximum atomic E-state index is 10.9. The summed E-state index contributed by atoms with van der Waals surface area (Å²) in [5, 5.41) is -0.538. The van der Waals surface area contributed by atoms with Crippen LogP contribution in [0.3, 0.4) is 0 Å². The predicted octanol–water partition coefficient (Wildman–Crippen LogP) is -0.169.